The van der Waals surface area contributed by atoms with Crippen molar-refractivity contribution in [1.29, 1.82) is 0 Å². The first-order chi connectivity index (χ1) is 9.22. The Hall–Kier alpha value is -1.32. The Kier molecular flexibility index (Phi) is 5.00. The molecule has 0 spiro atoms. The summed E-state index contributed by atoms with van der Waals surface area (Å²) in [6.07, 6.45) is 9.12. The molecule has 1 atom stereocenters. The number of nitrogens with zero attached hydrogens (tertiary/aromatic N) is 1. The first-order valence-corrected chi connectivity index (χ1v) is 7.31. The van der Waals surface area contributed by atoms with Gasteiger partial charge in [0.25, 0.3) is 0 Å². The van der Waals surface area contributed by atoms with E-state index in [1.54, 1.807) is 6.08 Å². The van der Waals surface area contributed by atoms with Crippen molar-refractivity contribution >= 4 is 12.0 Å². The fourth-order valence-electron chi connectivity index (χ4n) is 3.14. The second-order valence-electron chi connectivity index (χ2n) is 5.57. The Balaban J connectivity index is 1.95. The molecule has 4 heteroatoms. The molecule has 2 amide bonds. The Bertz CT molecular complexity index is 347. The van der Waals surface area contributed by atoms with Crippen molar-refractivity contribution in [2.75, 3.05) is 13.2 Å². The summed E-state index contributed by atoms with van der Waals surface area (Å²) in [6.45, 7) is 4.46. The van der Waals surface area contributed by atoms with Crippen molar-refractivity contribution in [3.05, 3.63) is 12.7 Å². The van der Waals surface area contributed by atoms with Crippen LogP contribution in [0, 0.1) is 11.8 Å². The van der Waals surface area contributed by atoms with Crippen molar-refractivity contribution in [2.45, 2.75) is 44.9 Å². The maximum absolute atomic E-state index is 12.4. The first kappa shape index (κ1) is 14.1. The van der Waals surface area contributed by atoms with Gasteiger partial charge in [0.1, 0.15) is 6.61 Å². The highest BCUT2D eigenvalue weighted by atomic mass is 16.6. The molecule has 1 saturated heterocycles. The van der Waals surface area contributed by atoms with E-state index in [0.29, 0.717) is 25.5 Å². The number of hydrogen-bond donors (Lipinski definition) is 0. The lowest BCUT2D eigenvalue weighted by Crippen LogP contribution is -2.37. The van der Waals surface area contributed by atoms with E-state index in [-0.39, 0.29) is 11.8 Å². The molecule has 0 aromatic heterocycles. The fourth-order valence-corrected chi connectivity index (χ4v) is 3.14. The molecule has 1 saturated carbocycles. The van der Waals surface area contributed by atoms with Crippen LogP contribution in [0.15, 0.2) is 12.7 Å². The Morgan fingerprint density at radius 2 is 2.16 bits per heavy atom. The van der Waals surface area contributed by atoms with Gasteiger partial charge >= 0.3 is 6.09 Å². The summed E-state index contributed by atoms with van der Waals surface area (Å²) in [5.74, 6) is 0.445. The monoisotopic (exact) mass is 265 g/mol. The number of allylic oxidation sites excluding steroid dienone is 1. The van der Waals surface area contributed by atoms with E-state index in [9.17, 15) is 9.59 Å². The van der Waals surface area contributed by atoms with Crippen molar-refractivity contribution in [3.8, 4) is 0 Å². The van der Waals surface area contributed by atoms with Crippen LogP contribution in [-0.2, 0) is 9.53 Å². The van der Waals surface area contributed by atoms with E-state index in [1.807, 2.05) is 0 Å². The minimum Gasteiger partial charge on any atom is -0.447 e. The third kappa shape index (κ3) is 3.58. The average Bonchev–Trinajstić information content (AvgIpc) is 2.85. The SMILES string of the molecule is C=CC[C@@H](CC1CCCCC1)C(=O)N1CCOC1=O. The van der Waals surface area contributed by atoms with Crippen molar-refractivity contribution < 1.29 is 14.3 Å². The zero-order valence-electron chi connectivity index (χ0n) is 11.5. The molecule has 19 heavy (non-hydrogen) atoms. The van der Waals surface area contributed by atoms with Gasteiger partial charge in [0.15, 0.2) is 0 Å². The number of cyclic esters (lactones) is 1. The molecule has 1 heterocycles. The highest BCUT2D eigenvalue weighted by molar-refractivity contribution is 5.94. The molecule has 1 aliphatic heterocycles. The van der Waals surface area contributed by atoms with E-state index in [4.69, 9.17) is 4.74 Å². The zero-order chi connectivity index (χ0) is 13.7. The Morgan fingerprint density at radius 1 is 1.42 bits per heavy atom. The van der Waals surface area contributed by atoms with Crippen LogP contribution in [0.4, 0.5) is 4.79 Å². The van der Waals surface area contributed by atoms with Crippen LogP contribution in [0.2, 0.25) is 0 Å². The molecule has 0 aromatic carbocycles. The van der Waals surface area contributed by atoms with Crippen molar-refractivity contribution in [2.24, 2.45) is 11.8 Å². The maximum atomic E-state index is 12.4. The van der Waals surface area contributed by atoms with Crippen LogP contribution in [0.5, 0.6) is 0 Å². The van der Waals surface area contributed by atoms with Gasteiger partial charge in [-0.2, -0.15) is 0 Å². The quantitative estimate of drug-likeness (QED) is 0.717. The summed E-state index contributed by atoms with van der Waals surface area (Å²) < 4.78 is 4.85. The summed E-state index contributed by atoms with van der Waals surface area (Å²) in [5.41, 5.74) is 0. The lowest BCUT2D eigenvalue weighted by molar-refractivity contribution is -0.132. The van der Waals surface area contributed by atoms with Crippen LogP contribution in [0.3, 0.4) is 0 Å². The molecule has 0 radical (unpaired) electrons. The molecule has 0 unspecified atom stereocenters. The van der Waals surface area contributed by atoms with Crippen molar-refractivity contribution in [1.82, 2.24) is 4.90 Å². The van der Waals surface area contributed by atoms with Gasteiger partial charge in [-0.15, -0.1) is 6.58 Å². The van der Waals surface area contributed by atoms with Gasteiger partial charge in [0.2, 0.25) is 5.91 Å². The zero-order valence-corrected chi connectivity index (χ0v) is 11.5. The molecule has 0 aromatic rings. The standard InChI is InChI=1S/C15H23NO3/c1-2-6-13(11-12-7-4-3-5-8-12)14(17)16-9-10-19-15(16)18/h2,12-13H,1,3-11H2/t13-/m0/s1. The molecule has 0 N–H and O–H groups in total. The molecule has 2 rings (SSSR count). The number of rotatable bonds is 5. The molecular formula is C15H23NO3. The predicted octanol–water partition coefficient (Wildman–Crippen LogP) is 3.13. The minimum absolute atomic E-state index is 0.0760. The number of carbonyl (C=O) groups is 2. The predicted molar refractivity (Wildman–Crippen MR) is 72.6 cm³/mol. The third-order valence-corrected chi connectivity index (χ3v) is 4.17. The van der Waals surface area contributed by atoms with Gasteiger partial charge in [-0.3, -0.25) is 4.79 Å². The maximum Gasteiger partial charge on any atom is 0.416 e. The Labute approximate surface area is 114 Å². The number of ether oxygens (including phenoxy) is 1. The van der Waals surface area contributed by atoms with Crippen LogP contribution in [0.1, 0.15) is 44.9 Å². The number of carbonyl (C=O) groups excluding carboxylic acids is 2. The molecule has 2 fully saturated rings. The molecule has 2 aliphatic rings. The summed E-state index contributed by atoms with van der Waals surface area (Å²) in [7, 11) is 0. The van der Waals surface area contributed by atoms with Gasteiger partial charge in [0.05, 0.1) is 6.54 Å². The minimum atomic E-state index is -0.484. The van der Waals surface area contributed by atoms with Crippen LogP contribution >= 0.6 is 0 Å². The second kappa shape index (κ2) is 6.73. The fraction of sp³-hybridized carbons (Fsp3) is 0.733. The van der Waals surface area contributed by atoms with Crippen LogP contribution in [-0.4, -0.2) is 30.1 Å². The average molecular weight is 265 g/mol. The van der Waals surface area contributed by atoms with E-state index in [1.165, 1.54) is 37.0 Å². The normalized spacial score (nSPS) is 22.1. The number of imide groups is 1. The van der Waals surface area contributed by atoms with Crippen LogP contribution in [0.25, 0.3) is 0 Å². The largest absolute Gasteiger partial charge is 0.447 e. The van der Waals surface area contributed by atoms with E-state index < -0.39 is 6.09 Å². The van der Waals surface area contributed by atoms with Gasteiger partial charge in [0, 0.05) is 5.92 Å². The van der Waals surface area contributed by atoms with Gasteiger partial charge in [-0.1, -0.05) is 38.2 Å². The van der Waals surface area contributed by atoms with Crippen molar-refractivity contribution in [3.63, 3.8) is 0 Å². The number of amides is 2. The topological polar surface area (TPSA) is 46.6 Å². The summed E-state index contributed by atoms with van der Waals surface area (Å²) in [5, 5.41) is 0. The molecular weight excluding hydrogens is 242 g/mol. The van der Waals surface area contributed by atoms with E-state index in [2.05, 4.69) is 6.58 Å². The number of hydrogen-bond acceptors (Lipinski definition) is 3. The smallest absolute Gasteiger partial charge is 0.416 e. The molecule has 4 nitrogen and oxygen atoms in total. The second-order valence-corrected chi connectivity index (χ2v) is 5.57. The first-order valence-electron chi connectivity index (χ1n) is 7.31. The van der Waals surface area contributed by atoms with E-state index >= 15 is 0 Å². The van der Waals surface area contributed by atoms with Gasteiger partial charge in [-0.25, -0.2) is 9.69 Å². The lowest BCUT2D eigenvalue weighted by Gasteiger charge is -2.26. The summed E-state index contributed by atoms with van der Waals surface area (Å²) in [6, 6.07) is 0. The van der Waals surface area contributed by atoms with E-state index in [0.717, 1.165) is 6.42 Å². The summed E-state index contributed by atoms with van der Waals surface area (Å²) in [4.78, 5) is 25.1. The highest BCUT2D eigenvalue weighted by Crippen LogP contribution is 2.31. The van der Waals surface area contributed by atoms with Gasteiger partial charge < -0.3 is 4.74 Å². The molecule has 106 valence electrons. The van der Waals surface area contributed by atoms with Crippen LogP contribution < -0.4 is 0 Å². The lowest BCUT2D eigenvalue weighted by atomic mass is 9.81. The molecule has 1 aliphatic carbocycles. The highest BCUT2D eigenvalue weighted by Gasteiger charge is 2.34. The van der Waals surface area contributed by atoms with Gasteiger partial charge in [-0.05, 0) is 18.8 Å². The molecule has 0 bridgehead atoms. The summed E-state index contributed by atoms with van der Waals surface area (Å²) >= 11 is 0. The Morgan fingerprint density at radius 3 is 2.74 bits per heavy atom. The third-order valence-electron chi connectivity index (χ3n) is 4.17.